The van der Waals surface area contributed by atoms with Crippen LogP contribution in [0.4, 0.5) is 0 Å². The molecule has 26 heavy (non-hydrogen) atoms. The number of benzene rings is 1. The maximum atomic E-state index is 12.4. The Kier molecular flexibility index (Phi) is 3.75. The molecule has 3 atom stereocenters. The fraction of sp³-hybridized carbons (Fsp3) is 0.409. The summed E-state index contributed by atoms with van der Waals surface area (Å²) in [5.41, 5.74) is 1.30. The van der Waals surface area contributed by atoms with Crippen LogP contribution in [0.3, 0.4) is 0 Å². The van der Waals surface area contributed by atoms with E-state index in [1.54, 1.807) is 12.1 Å². The number of hydrogen-bond donors (Lipinski definition) is 1. The molecule has 1 N–H and O–H groups in total. The Balaban J connectivity index is 1.78. The average Bonchev–Trinajstić information content (AvgIpc) is 2.64. The minimum atomic E-state index is -1.05. The van der Waals surface area contributed by atoms with Crippen LogP contribution in [-0.2, 0) is 15.2 Å². The van der Waals surface area contributed by atoms with Gasteiger partial charge in [-0.2, -0.15) is 5.26 Å². The Morgan fingerprint density at radius 1 is 1.08 bits per heavy atom. The third-order valence-electron chi connectivity index (χ3n) is 6.57. The van der Waals surface area contributed by atoms with Crippen LogP contribution >= 0.6 is 0 Å². The van der Waals surface area contributed by atoms with Crippen LogP contribution in [0.1, 0.15) is 50.2 Å². The number of ketones is 2. The first-order chi connectivity index (χ1) is 12.4. The van der Waals surface area contributed by atoms with E-state index in [0.29, 0.717) is 36.0 Å². The molecule has 132 valence electrons. The molecule has 0 radical (unpaired) electrons. The SMILES string of the molecule is C[C@@]12CCC[C@](O)(c3ccc(C#N)cc3)[C@@H]1CC1=C(C2)C(=O)C=CC1=O. The minimum absolute atomic E-state index is 0.0632. The molecule has 0 aliphatic heterocycles. The molecule has 1 aromatic rings. The number of fused-ring (bicyclic) bond motifs is 1. The van der Waals surface area contributed by atoms with Crippen molar-refractivity contribution in [2.24, 2.45) is 11.3 Å². The molecule has 4 rings (SSSR count). The molecule has 1 fully saturated rings. The van der Waals surface area contributed by atoms with Gasteiger partial charge >= 0.3 is 0 Å². The smallest absolute Gasteiger partial charge is 0.182 e. The summed E-state index contributed by atoms with van der Waals surface area (Å²) in [5.74, 6) is -0.292. The Morgan fingerprint density at radius 2 is 1.73 bits per heavy atom. The number of nitriles is 1. The van der Waals surface area contributed by atoms with Gasteiger partial charge in [-0.3, -0.25) is 9.59 Å². The van der Waals surface area contributed by atoms with Crippen molar-refractivity contribution in [3.8, 4) is 6.07 Å². The van der Waals surface area contributed by atoms with Gasteiger partial charge < -0.3 is 5.11 Å². The topological polar surface area (TPSA) is 78.2 Å². The molecular weight excluding hydrogens is 326 g/mol. The van der Waals surface area contributed by atoms with Gasteiger partial charge in [0.2, 0.25) is 0 Å². The standard InChI is InChI=1S/C22H21NO3/c1-21-9-2-10-22(26,15-5-3-14(13-23)4-6-15)20(21)11-16-17(12-21)19(25)8-7-18(16)24/h3-8,20,26H,2,9-12H2,1H3/t20-,21+,22+/m1/s1. The Morgan fingerprint density at radius 3 is 2.38 bits per heavy atom. The van der Waals surface area contributed by atoms with Crippen molar-refractivity contribution >= 4 is 11.6 Å². The highest BCUT2D eigenvalue weighted by atomic mass is 16.3. The summed E-state index contributed by atoms with van der Waals surface area (Å²) < 4.78 is 0. The van der Waals surface area contributed by atoms with Crippen molar-refractivity contribution in [3.05, 3.63) is 58.7 Å². The number of carbonyl (C=O) groups is 2. The van der Waals surface area contributed by atoms with E-state index >= 15 is 0 Å². The Hall–Kier alpha value is -2.51. The third-order valence-corrected chi connectivity index (χ3v) is 6.57. The first-order valence-electron chi connectivity index (χ1n) is 9.09. The summed E-state index contributed by atoms with van der Waals surface area (Å²) >= 11 is 0. The molecular formula is C22H21NO3. The zero-order chi connectivity index (χ0) is 18.5. The lowest BCUT2D eigenvalue weighted by molar-refractivity contribution is -0.128. The van der Waals surface area contributed by atoms with E-state index in [4.69, 9.17) is 5.26 Å². The molecule has 0 unspecified atom stereocenters. The van der Waals surface area contributed by atoms with Crippen LogP contribution in [-0.4, -0.2) is 16.7 Å². The molecule has 4 heteroatoms. The van der Waals surface area contributed by atoms with E-state index in [1.165, 1.54) is 12.2 Å². The largest absolute Gasteiger partial charge is 0.385 e. The summed E-state index contributed by atoms with van der Waals surface area (Å²) in [6.07, 6.45) is 6.12. The number of allylic oxidation sites excluding steroid dienone is 4. The first-order valence-corrected chi connectivity index (χ1v) is 9.09. The minimum Gasteiger partial charge on any atom is -0.385 e. The maximum absolute atomic E-state index is 12.4. The predicted molar refractivity (Wildman–Crippen MR) is 95.9 cm³/mol. The predicted octanol–water partition coefficient (Wildman–Crippen LogP) is 3.35. The van der Waals surface area contributed by atoms with Crippen LogP contribution < -0.4 is 0 Å². The average molecular weight is 347 g/mol. The second-order valence-electron chi connectivity index (χ2n) is 8.07. The third kappa shape index (κ3) is 2.39. The van der Waals surface area contributed by atoms with Gasteiger partial charge in [-0.1, -0.05) is 19.1 Å². The lowest BCUT2D eigenvalue weighted by Crippen LogP contribution is -2.51. The van der Waals surface area contributed by atoms with Crippen LogP contribution in [0.25, 0.3) is 0 Å². The molecule has 0 bridgehead atoms. The summed E-state index contributed by atoms with van der Waals surface area (Å²) in [4.78, 5) is 24.7. The quantitative estimate of drug-likeness (QED) is 0.790. The summed E-state index contributed by atoms with van der Waals surface area (Å²) in [5, 5.41) is 20.7. The van der Waals surface area contributed by atoms with Crippen molar-refractivity contribution in [1.82, 2.24) is 0 Å². The first kappa shape index (κ1) is 16.9. The van der Waals surface area contributed by atoms with Crippen molar-refractivity contribution in [3.63, 3.8) is 0 Å². The summed E-state index contributed by atoms with van der Waals surface area (Å²) in [6.45, 7) is 2.13. The molecule has 0 heterocycles. The molecule has 1 aromatic carbocycles. The molecule has 0 aromatic heterocycles. The lowest BCUT2D eigenvalue weighted by Gasteiger charge is -2.54. The maximum Gasteiger partial charge on any atom is 0.182 e. The molecule has 3 aliphatic rings. The van der Waals surface area contributed by atoms with Gasteiger partial charge in [0, 0.05) is 17.1 Å². The fourth-order valence-corrected chi connectivity index (χ4v) is 5.17. The molecule has 1 saturated carbocycles. The van der Waals surface area contributed by atoms with Gasteiger partial charge in [0.1, 0.15) is 0 Å². The van der Waals surface area contributed by atoms with Crippen LogP contribution in [0.2, 0.25) is 0 Å². The van der Waals surface area contributed by atoms with Crippen molar-refractivity contribution in [1.29, 1.82) is 5.26 Å². The van der Waals surface area contributed by atoms with Crippen molar-refractivity contribution in [2.75, 3.05) is 0 Å². The molecule has 3 aliphatic carbocycles. The van der Waals surface area contributed by atoms with Gasteiger partial charge in [-0.05, 0) is 67.4 Å². The van der Waals surface area contributed by atoms with E-state index < -0.39 is 5.60 Å². The second-order valence-corrected chi connectivity index (χ2v) is 8.07. The highest BCUT2D eigenvalue weighted by Gasteiger charge is 2.54. The van der Waals surface area contributed by atoms with E-state index in [9.17, 15) is 14.7 Å². The Bertz CT molecular complexity index is 902. The second kappa shape index (κ2) is 5.75. The number of nitrogens with zero attached hydrogens (tertiary/aromatic N) is 1. The van der Waals surface area contributed by atoms with Crippen molar-refractivity contribution in [2.45, 2.75) is 44.6 Å². The zero-order valence-corrected chi connectivity index (χ0v) is 14.8. The van der Waals surface area contributed by atoms with Gasteiger partial charge in [-0.25, -0.2) is 0 Å². The zero-order valence-electron chi connectivity index (χ0n) is 14.8. The molecule has 0 spiro atoms. The van der Waals surface area contributed by atoms with Gasteiger partial charge in [0.25, 0.3) is 0 Å². The molecule has 4 nitrogen and oxygen atoms in total. The van der Waals surface area contributed by atoms with Gasteiger partial charge in [0.05, 0.1) is 17.2 Å². The van der Waals surface area contributed by atoms with E-state index in [0.717, 1.165) is 18.4 Å². The van der Waals surface area contributed by atoms with Crippen LogP contribution in [0, 0.1) is 22.7 Å². The van der Waals surface area contributed by atoms with E-state index in [2.05, 4.69) is 13.0 Å². The van der Waals surface area contributed by atoms with Crippen LogP contribution in [0.5, 0.6) is 0 Å². The fourth-order valence-electron chi connectivity index (χ4n) is 5.17. The van der Waals surface area contributed by atoms with E-state index in [1.807, 2.05) is 12.1 Å². The highest BCUT2D eigenvalue weighted by molar-refractivity contribution is 6.20. The number of rotatable bonds is 1. The number of hydrogen-bond acceptors (Lipinski definition) is 4. The lowest BCUT2D eigenvalue weighted by atomic mass is 9.52. The molecule has 0 saturated heterocycles. The number of carbonyl (C=O) groups excluding carboxylic acids is 2. The van der Waals surface area contributed by atoms with Crippen LogP contribution in [0.15, 0.2) is 47.6 Å². The summed E-state index contributed by atoms with van der Waals surface area (Å²) in [6, 6.07) is 9.20. The Labute approximate surface area is 152 Å². The normalized spacial score (nSPS) is 33.5. The van der Waals surface area contributed by atoms with Gasteiger partial charge in [0.15, 0.2) is 11.6 Å². The van der Waals surface area contributed by atoms with Crippen molar-refractivity contribution < 1.29 is 14.7 Å². The summed E-state index contributed by atoms with van der Waals surface area (Å²) in [7, 11) is 0. The highest BCUT2D eigenvalue weighted by Crippen LogP contribution is 2.59. The number of aliphatic hydroxyl groups is 1. The van der Waals surface area contributed by atoms with E-state index in [-0.39, 0.29) is 22.9 Å². The molecule has 0 amide bonds. The monoisotopic (exact) mass is 347 g/mol. The van der Waals surface area contributed by atoms with Gasteiger partial charge in [-0.15, -0.1) is 0 Å².